The van der Waals surface area contributed by atoms with Crippen LogP contribution in [0.3, 0.4) is 0 Å². The quantitative estimate of drug-likeness (QED) is 0.236. The summed E-state index contributed by atoms with van der Waals surface area (Å²) in [6.07, 6.45) is 0.316. The van der Waals surface area contributed by atoms with Crippen molar-refractivity contribution in [2.45, 2.75) is 23.7 Å². The third-order valence-electron chi connectivity index (χ3n) is 5.48. The molecule has 8 nitrogen and oxygen atoms in total. The number of halogens is 3. The smallest absolute Gasteiger partial charge is 0.405 e. The Morgan fingerprint density at radius 2 is 1.67 bits per heavy atom. The molecule has 36 heavy (non-hydrogen) atoms. The fourth-order valence-electron chi connectivity index (χ4n) is 3.58. The van der Waals surface area contributed by atoms with Gasteiger partial charge in [-0.05, 0) is 16.9 Å². The molecule has 1 aliphatic rings. The second kappa shape index (κ2) is 10.4. The molecule has 2 heterocycles. The maximum atomic E-state index is 12.5. The first-order valence-electron chi connectivity index (χ1n) is 10.6. The van der Waals surface area contributed by atoms with E-state index in [-0.39, 0.29) is 6.61 Å². The van der Waals surface area contributed by atoms with Gasteiger partial charge in [0.1, 0.15) is 11.7 Å². The Morgan fingerprint density at radius 3 is 2.19 bits per heavy atom. The Hall–Kier alpha value is -2.65. The highest BCUT2D eigenvalue weighted by molar-refractivity contribution is 8.00. The molecule has 0 bridgehead atoms. The Morgan fingerprint density at radius 1 is 1.08 bits per heavy atom. The van der Waals surface area contributed by atoms with Gasteiger partial charge in [0, 0.05) is 18.0 Å². The van der Waals surface area contributed by atoms with E-state index in [0.29, 0.717) is 5.75 Å². The number of benzene rings is 2. The second-order valence-corrected chi connectivity index (χ2v) is 14.1. The van der Waals surface area contributed by atoms with Crippen LogP contribution < -0.4 is 20.2 Å². The summed E-state index contributed by atoms with van der Waals surface area (Å²) < 4.78 is 77.2. The first-order chi connectivity index (χ1) is 17.0. The van der Waals surface area contributed by atoms with Crippen molar-refractivity contribution in [3.05, 3.63) is 83.4 Å². The number of rotatable bonds is 8. The van der Waals surface area contributed by atoms with Gasteiger partial charge in [-0.15, -0.1) is 11.8 Å². The van der Waals surface area contributed by atoms with Crippen molar-refractivity contribution < 1.29 is 34.9 Å². The molecule has 0 N–H and O–H groups in total. The highest BCUT2D eigenvalue weighted by Crippen LogP contribution is 2.32. The zero-order valence-electron chi connectivity index (χ0n) is 18.8. The van der Waals surface area contributed by atoms with Gasteiger partial charge in [0.25, 0.3) is 8.32 Å². The van der Waals surface area contributed by atoms with Crippen LogP contribution in [-0.4, -0.2) is 49.6 Å². The molecular formula is C22H21F3N2O6S2Si. The van der Waals surface area contributed by atoms with E-state index in [2.05, 4.69) is 15.7 Å². The van der Waals surface area contributed by atoms with Crippen LogP contribution >= 0.6 is 11.8 Å². The minimum Gasteiger partial charge on any atom is -0.405 e. The van der Waals surface area contributed by atoms with E-state index >= 15 is 0 Å². The predicted octanol–water partition coefficient (Wildman–Crippen LogP) is 2.47. The molecule has 0 spiro atoms. The van der Waals surface area contributed by atoms with Crippen molar-refractivity contribution >= 4 is 40.6 Å². The Balaban J connectivity index is 1.45. The Bertz CT molecular complexity index is 1320. The normalized spacial score (nSPS) is 18.8. The second-order valence-electron chi connectivity index (χ2n) is 7.87. The molecule has 1 saturated heterocycles. The van der Waals surface area contributed by atoms with Crippen LogP contribution in [0.5, 0.6) is 5.88 Å². The van der Waals surface area contributed by atoms with Crippen molar-refractivity contribution in [1.29, 1.82) is 0 Å². The van der Waals surface area contributed by atoms with Gasteiger partial charge < -0.3 is 13.3 Å². The lowest BCUT2D eigenvalue weighted by Crippen LogP contribution is -2.59. The summed E-state index contributed by atoms with van der Waals surface area (Å²) in [5, 5.41) is 2.17. The maximum absolute atomic E-state index is 12.5. The largest absolute Gasteiger partial charge is 0.534 e. The average Bonchev–Trinajstić information content (AvgIpc) is 3.31. The summed E-state index contributed by atoms with van der Waals surface area (Å²) in [5.74, 6) is -0.627. The highest BCUT2D eigenvalue weighted by atomic mass is 32.2. The van der Waals surface area contributed by atoms with E-state index in [4.69, 9.17) is 9.16 Å². The van der Waals surface area contributed by atoms with Gasteiger partial charge in [0.2, 0.25) is 5.88 Å². The SMILES string of the molecule is C[Si](OC[C@H]1O[C@@H](n2ccc(OS(=O)(=O)C(F)(F)F)nc2=O)CS1)(c1ccccc1)c1ccccc1. The summed E-state index contributed by atoms with van der Waals surface area (Å²) in [6.45, 7) is 2.33. The standard InChI is InChI=1S/C22H21F3N2O6S2Si/c1-36(16-8-4-2-5-9-16,17-10-6-3-7-11-17)31-14-20-32-19(15-34-20)27-13-12-18(26-21(27)28)33-35(29,30)22(23,24)25/h2-13,19-20H,14-15H2,1H3/t19-,20+/m1/s1. The number of ether oxygens (including phenoxy) is 1. The number of aromatic nitrogens is 2. The summed E-state index contributed by atoms with van der Waals surface area (Å²) >= 11 is 1.41. The van der Waals surface area contributed by atoms with Gasteiger partial charge in [0.15, 0.2) is 0 Å². The monoisotopic (exact) mass is 558 g/mol. The minimum absolute atomic E-state index is 0.237. The molecule has 192 valence electrons. The van der Waals surface area contributed by atoms with Crippen LogP contribution in [0, 0.1) is 0 Å². The molecule has 3 aromatic rings. The number of thioether (sulfide) groups is 1. The lowest BCUT2D eigenvalue weighted by atomic mass is 10.4. The number of alkyl halides is 3. The molecule has 0 radical (unpaired) electrons. The first kappa shape index (κ1) is 26.4. The number of hydrogen-bond acceptors (Lipinski definition) is 8. The van der Waals surface area contributed by atoms with Crippen LogP contribution in [0.2, 0.25) is 6.55 Å². The average molecular weight is 559 g/mol. The van der Waals surface area contributed by atoms with E-state index in [9.17, 15) is 26.4 Å². The zero-order chi connectivity index (χ0) is 26.0. The van der Waals surface area contributed by atoms with Gasteiger partial charge in [-0.3, -0.25) is 4.57 Å². The van der Waals surface area contributed by atoms with Crippen molar-refractivity contribution in [3.8, 4) is 5.88 Å². The molecule has 1 aromatic heterocycles. The van der Waals surface area contributed by atoms with E-state index in [1.54, 1.807) is 0 Å². The van der Waals surface area contributed by atoms with Crippen LogP contribution in [0.1, 0.15) is 6.23 Å². The fourth-order valence-corrected chi connectivity index (χ4v) is 7.91. The molecule has 1 fully saturated rings. The third kappa shape index (κ3) is 5.67. The molecule has 14 heteroatoms. The van der Waals surface area contributed by atoms with Crippen molar-refractivity contribution in [1.82, 2.24) is 9.55 Å². The van der Waals surface area contributed by atoms with Gasteiger partial charge >= 0.3 is 21.3 Å². The van der Waals surface area contributed by atoms with Crippen molar-refractivity contribution in [3.63, 3.8) is 0 Å². The maximum Gasteiger partial charge on any atom is 0.534 e. The summed E-state index contributed by atoms with van der Waals surface area (Å²) in [7, 11) is -8.50. The van der Waals surface area contributed by atoms with Crippen molar-refractivity contribution in [2.24, 2.45) is 0 Å². The van der Waals surface area contributed by atoms with Crippen molar-refractivity contribution in [2.75, 3.05) is 12.4 Å². The molecular weight excluding hydrogens is 537 g/mol. The van der Waals surface area contributed by atoms with E-state index in [1.165, 1.54) is 11.8 Å². The molecule has 2 aromatic carbocycles. The molecule has 4 rings (SSSR count). The molecule has 0 unspecified atom stereocenters. The van der Waals surface area contributed by atoms with Gasteiger partial charge in [-0.1, -0.05) is 60.7 Å². The van der Waals surface area contributed by atoms with E-state index < -0.39 is 47.2 Å². The molecule has 0 amide bonds. The van der Waals surface area contributed by atoms with Gasteiger partial charge in [-0.2, -0.15) is 26.6 Å². The molecule has 2 atom stereocenters. The number of nitrogens with zero attached hydrogens (tertiary/aromatic N) is 2. The molecule has 0 aliphatic carbocycles. The molecule has 1 aliphatic heterocycles. The summed E-state index contributed by atoms with van der Waals surface area (Å²) in [5.41, 5.74) is -7.06. The third-order valence-corrected chi connectivity index (χ3v) is 11.2. The van der Waals surface area contributed by atoms with E-state index in [1.807, 2.05) is 60.7 Å². The van der Waals surface area contributed by atoms with Crippen LogP contribution in [0.15, 0.2) is 77.7 Å². The van der Waals surface area contributed by atoms with Crippen LogP contribution in [0.25, 0.3) is 0 Å². The van der Waals surface area contributed by atoms with E-state index in [0.717, 1.165) is 27.2 Å². The lowest BCUT2D eigenvalue weighted by molar-refractivity contribution is -0.0501. The van der Waals surface area contributed by atoms with Crippen LogP contribution in [0.4, 0.5) is 13.2 Å². The minimum atomic E-state index is -5.93. The topological polar surface area (TPSA) is 96.7 Å². The molecule has 0 saturated carbocycles. The number of hydrogen-bond donors (Lipinski definition) is 0. The first-order valence-corrected chi connectivity index (χ1v) is 15.5. The summed E-state index contributed by atoms with van der Waals surface area (Å²) in [6, 6.07) is 20.7. The van der Waals surface area contributed by atoms with Gasteiger partial charge in [0.05, 0.1) is 6.61 Å². The zero-order valence-corrected chi connectivity index (χ0v) is 21.4. The Kier molecular flexibility index (Phi) is 7.61. The fraction of sp³-hybridized carbons (Fsp3) is 0.273. The lowest BCUT2D eigenvalue weighted by Gasteiger charge is -2.29. The predicted molar refractivity (Wildman–Crippen MR) is 130 cm³/mol. The van der Waals surface area contributed by atoms with Gasteiger partial charge in [-0.25, -0.2) is 4.79 Å². The van der Waals surface area contributed by atoms with Crippen LogP contribution in [-0.2, 0) is 19.3 Å². The highest BCUT2D eigenvalue weighted by Gasteiger charge is 2.49. The Labute approximate surface area is 210 Å². The summed E-state index contributed by atoms with van der Waals surface area (Å²) in [4.78, 5) is 15.6.